The standard InChI is InChI=1S/C23H37N3O6S/c1-4-15(13-27)26-19(20(28)24-6-7-25-8-10-31-11-9-25)23-14(3)12-16(33-23)17(18(23)21(26)29)22(30)32-5-2/h14-19,27H,4-13H2,1-3H3,(H,24,28)/t14?,15-,16-,17+,18-,19?,23?/m0/s1. The molecule has 0 aromatic carbocycles. The SMILES string of the molecule is CCOC(=O)[C@@H]1[C@@H]2CC(C)C3(S2)C(C(=O)NCCN2CCOCC2)N([C@@H](CC)CO)C(=O)[C@H]13. The molecule has 4 heterocycles. The zero-order valence-corrected chi connectivity index (χ0v) is 20.6. The number of thioether (sulfide) groups is 1. The highest BCUT2D eigenvalue weighted by molar-refractivity contribution is 8.02. The van der Waals surface area contributed by atoms with Crippen molar-refractivity contribution in [2.24, 2.45) is 17.8 Å². The van der Waals surface area contributed by atoms with E-state index in [4.69, 9.17) is 9.47 Å². The largest absolute Gasteiger partial charge is 0.466 e. The predicted octanol–water partition coefficient (Wildman–Crippen LogP) is 0.106. The maximum atomic E-state index is 13.8. The van der Waals surface area contributed by atoms with E-state index < -0.39 is 28.7 Å². The molecule has 10 heteroatoms. The number of rotatable bonds is 9. The van der Waals surface area contributed by atoms with Gasteiger partial charge < -0.3 is 24.8 Å². The second-order valence-corrected chi connectivity index (χ2v) is 11.1. The summed E-state index contributed by atoms with van der Waals surface area (Å²) in [5.41, 5.74) is 0. The van der Waals surface area contributed by atoms with Gasteiger partial charge in [0.15, 0.2) is 0 Å². The Balaban J connectivity index is 1.60. The molecule has 2 bridgehead atoms. The maximum absolute atomic E-state index is 13.8. The van der Waals surface area contributed by atoms with Gasteiger partial charge in [0.25, 0.3) is 0 Å². The van der Waals surface area contributed by atoms with Crippen molar-refractivity contribution in [1.82, 2.24) is 15.1 Å². The van der Waals surface area contributed by atoms with Gasteiger partial charge in [-0.25, -0.2) is 0 Å². The van der Waals surface area contributed by atoms with E-state index in [0.717, 1.165) is 26.1 Å². The van der Waals surface area contributed by atoms with Crippen LogP contribution in [-0.4, -0.2) is 107 Å². The summed E-state index contributed by atoms with van der Waals surface area (Å²) in [7, 11) is 0. The first-order valence-corrected chi connectivity index (χ1v) is 13.1. The van der Waals surface area contributed by atoms with E-state index in [1.54, 1.807) is 23.6 Å². The summed E-state index contributed by atoms with van der Waals surface area (Å²) >= 11 is 1.63. The predicted molar refractivity (Wildman–Crippen MR) is 124 cm³/mol. The highest BCUT2D eigenvalue weighted by atomic mass is 32.2. The van der Waals surface area contributed by atoms with Crippen LogP contribution < -0.4 is 5.32 Å². The number of likely N-dealkylation sites (tertiary alicyclic amines) is 1. The molecule has 4 aliphatic heterocycles. The lowest BCUT2D eigenvalue weighted by Crippen LogP contribution is -2.59. The molecular formula is C23H37N3O6S. The van der Waals surface area contributed by atoms with Gasteiger partial charge in [0.05, 0.1) is 49.1 Å². The maximum Gasteiger partial charge on any atom is 0.310 e. The first kappa shape index (κ1) is 24.8. The molecule has 4 fully saturated rings. The van der Waals surface area contributed by atoms with Crippen LogP contribution in [0.1, 0.15) is 33.6 Å². The van der Waals surface area contributed by atoms with Gasteiger partial charge in [-0.1, -0.05) is 13.8 Å². The molecule has 4 rings (SSSR count). The molecule has 186 valence electrons. The molecule has 2 N–H and O–H groups in total. The van der Waals surface area contributed by atoms with Gasteiger partial charge in [0, 0.05) is 31.4 Å². The van der Waals surface area contributed by atoms with Crippen LogP contribution in [0.3, 0.4) is 0 Å². The number of aliphatic hydroxyl groups is 1. The van der Waals surface area contributed by atoms with E-state index in [1.807, 2.05) is 6.92 Å². The van der Waals surface area contributed by atoms with E-state index in [1.165, 1.54) is 0 Å². The molecule has 0 saturated carbocycles. The first-order valence-electron chi connectivity index (χ1n) is 12.3. The minimum absolute atomic E-state index is 0.0204. The van der Waals surface area contributed by atoms with Gasteiger partial charge in [0.2, 0.25) is 11.8 Å². The van der Waals surface area contributed by atoms with E-state index in [-0.39, 0.29) is 42.2 Å². The second kappa shape index (κ2) is 10.1. The summed E-state index contributed by atoms with van der Waals surface area (Å²) in [5, 5.41) is 13.1. The highest BCUT2D eigenvalue weighted by Crippen LogP contribution is 2.68. The molecule has 1 spiro atoms. The molecular weight excluding hydrogens is 446 g/mol. The number of nitrogens with one attached hydrogen (secondary N) is 1. The molecule has 0 aromatic heterocycles. The topological polar surface area (TPSA) is 108 Å². The van der Waals surface area contributed by atoms with Crippen LogP contribution in [0.5, 0.6) is 0 Å². The zero-order chi connectivity index (χ0) is 23.8. The smallest absolute Gasteiger partial charge is 0.310 e. The van der Waals surface area contributed by atoms with Gasteiger partial charge >= 0.3 is 5.97 Å². The molecule has 3 unspecified atom stereocenters. The fraction of sp³-hybridized carbons (Fsp3) is 0.870. The summed E-state index contributed by atoms with van der Waals surface area (Å²) in [4.78, 5) is 44.3. The van der Waals surface area contributed by atoms with E-state index in [2.05, 4.69) is 17.1 Å². The molecule has 9 nitrogen and oxygen atoms in total. The van der Waals surface area contributed by atoms with Gasteiger partial charge in [-0.05, 0) is 25.7 Å². The van der Waals surface area contributed by atoms with Crippen LogP contribution in [0.15, 0.2) is 0 Å². The Hall–Kier alpha value is -1.36. The molecule has 4 saturated heterocycles. The lowest BCUT2D eigenvalue weighted by molar-refractivity contribution is -0.154. The number of ether oxygens (including phenoxy) is 2. The number of nitrogens with zero attached hydrogens (tertiary/aromatic N) is 2. The van der Waals surface area contributed by atoms with Crippen molar-refractivity contribution in [2.45, 2.75) is 55.7 Å². The molecule has 2 amide bonds. The third kappa shape index (κ3) is 4.06. The van der Waals surface area contributed by atoms with Crippen LogP contribution >= 0.6 is 11.8 Å². The van der Waals surface area contributed by atoms with Crippen molar-refractivity contribution in [1.29, 1.82) is 0 Å². The normalized spacial score (nSPS) is 36.7. The van der Waals surface area contributed by atoms with Crippen LogP contribution in [0.4, 0.5) is 0 Å². The van der Waals surface area contributed by atoms with Crippen LogP contribution in [-0.2, 0) is 23.9 Å². The minimum atomic E-state index is -0.707. The number of carbonyl (C=O) groups excluding carboxylic acids is 3. The van der Waals surface area contributed by atoms with Crippen molar-refractivity contribution < 1.29 is 29.0 Å². The minimum Gasteiger partial charge on any atom is -0.466 e. The fourth-order valence-electron chi connectivity index (χ4n) is 6.33. The lowest BCUT2D eigenvalue weighted by Gasteiger charge is -2.40. The van der Waals surface area contributed by atoms with Crippen molar-refractivity contribution in [3.63, 3.8) is 0 Å². The average Bonchev–Trinajstić information content (AvgIpc) is 3.40. The van der Waals surface area contributed by atoms with Crippen LogP contribution in [0.25, 0.3) is 0 Å². The summed E-state index contributed by atoms with van der Waals surface area (Å²) in [6.07, 6.45) is 1.31. The Morgan fingerprint density at radius 1 is 1.33 bits per heavy atom. The first-order chi connectivity index (χ1) is 15.9. The summed E-state index contributed by atoms with van der Waals surface area (Å²) < 4.78 is 10.1. The number of morpholine rings is 1. The number of carbonyl (C=O) groups is 3. The molecule has 7 atom stereocenters. The number of esters is 1. The number of hydrogen-bond acceptors (Lipinski definition) is 8. The third-order valence-corrected chi connectivity index (χ3v) is 9.97. The Morgan fingerprint density at radius 3 is 2.70 bits per heavy atom. The molecule has 0 aliphatic carbocycles. The van der Waals surface area contributed by atoms with E-state index in [9.17, 15) is 19.5 Å². The fourth-order valence-corrected chi connectivity index (χ4v) is 8.73. The second-order valence-electron chi connectivity index (χ2n) is 9.54. The molecule has 4 aliphatic rings. The number of fused-ring (bicyclic) bond motifs is 1. The Bertz CT molecular complexity index is 758. The van der Waals surface area contributed by atoms with E-state index in [0.29, 0.717) is 26.2 Å². The number of hydrogen-bond donors (Lipinski definition) is 2. The zero-order valence-electron chi connectivity index (χ0n) is 19.8. The monoisotopic (exact) mass is 483 g/mol. The van der Waals surface area contributed by atoms with E-state index >= 15 is 0 Å². The summed E-state index contributed by atoms with van der Waals surface area (Å²) in [6, 6.07) is -1.16. The Labute approximate surface area is 199 Å². The Morgan fingerprint density at radius 2 is 2.06 bits per heavy atom. The lowest BCUT2D eigenvalue weighted by atomic mass is 9.66. The Kier molecular flexibility index (Phi) is 7.57. The number of aliphatic hydroxyl groups excluding tert-OH is 1. The molecule has 0 aromatic rings. The van der Waals surface area contributed by atoms with Crippen LogP contribution in [0.2, 0.25) is 0 Å². The highest BCUT2D eigenvalue weighted by Gasteiger charge is 2.76. The van der Waals surface area contributed by atoms with Crippen molar-refractivity contribution in [2.75, 3.05) is 52.6 Å². The summed E-state index contributed by atoms with van der Waals surface area (Å²) in [5.74, 6) is -1.75. The quantitative estimate of drug-likeness (QED) is 0.445. The van der Waals surface area contributed by atoms with Gasteiger partial charge in [-0.15, -0.1) is 11.8 Å². The number of amides is 2. The van der Waals surface area contributed by atoms with Gasteiger partial charge in [-0.3, -0.25) is 19.3 Å². The van der Waals surface area contributed by atoms with Crippen molar-refractivity contribution in [3.05, 3.63) is 0 Å². The average molecular weight is 484 g/mol. The van der Waals surface area contributed by atoms with Gasteiger partial charge in [-0.2, -0.15) is 0 Å². The summed E-state index contributed by atoms with van der Waals surface area (Å²) in [6.45, 7) is 10.1. The van der Waals surface area contributed by atoms with Crippen LogP contribution in [0, 0.1) is 17.8 Å². The van der Waals surface area contributed by atoms with Crippen molar-refractivity contribution in [3.8, 4) is 0 Å². The third-order valence-electron chi connectivity index (χ3n) is 7.90. The van der Waals surface area contributed by atoms with Crippen molar-refractivity contribution >= 4 is 29.5 Å². The van der Waals surface area contributed by atoms with Gasteiger partial charge in [0.1, 0.15) is 6.04 Å². The molecule has 33 heavy (non-hydrogen) atoms. The molecule has 0 radical (unpaired) electrons.